The lowest BCUT2D eigenvalue weighted by molar-refractivity contribution is -0.111. The van der Waals surface area contributed by atoms with E-state index in [1.54, 1.807) is 30.3 Å². The van der Waals surface area contributed by atoms with Crippen LogP contribution in [0.4, 0.5) is 14.5 Å². The number of nitrogens with one attached hydrogen (secondary N) is 1. The summed E-state index contributed by atoms with van der Waals surface area (Å²) >= 11 is 0. The summed E-state index contributed by atoms with van der Waals surface area (Å²) in [4.78, 5) is 11.8. The van der Waals surface area contributed by atoms with Gasteiger partial charge in [-0.2, -0.15) is 14.0 Å². The summed E-state index contributed by atoms with van der Waals surface area (Å²) < 4.78 is 33.5. The van der Waals surface area contributed by atoms with E-state index in [-0.39, 0.29) is 18.3 Å². The van der Waals surface area contributed by atoms with Gasteiger partial charge in [-0.05, 0) is 48.0 Å². The van der Waals surface area contributed by atoms with Crippen LogP contribution in [-0.2, 0) is 4.79 Å². The van der Waals surface area contributed by atoms with E-state index < -0.39 is 6.61 Å². The molecule has 0 unspecified atom stereocenters. The second-order valence-corrected chi connectivity index (χ2v) is 4.74. The summed E-state index contributed by atoms with van der Waals surface area (Å²) in [5, 5.41) is 11.0. The predicted octanol–water partition coefficient (Wildman–Crippen LogP) is 3.84. The van der Waals surface area contributed by atoms with Gasteiger partial charge in [0, 0.05) is 11.8 Å². The highest BCUT2D eigenvalue weighted by Crippen LogP contribution is 2.18. The van der Waals surface area contributed by atoms with Crippen LogP contribution < -0.4 is 14.8 Å². The zero-order chi connectivity index (χ0) is 18.1. The molecule has 0 aromatic heterocycles. The monoisotopic (exact) mass is 344 g/mol. The third-order valence-electron chi connectivity index (χ3n) is 2.96. The second-order valence-electron chi connectivity index (χ2n) is 4.74. The molecule has 2 aromatic carbocycles. The molecule has 0 aliphatic heterocycles. The molecule has 0 radical (unpaired) electrons. The van der Waals surface area contributed by atoms with Gasteiger partial charge in [-0.25, -0.2) is 0 Å². The Bertz CT molecular complexity index is 766. The number of hydrogen-bond acceptors (Lipinski definition) is 4. The van der Waals surface area contributed by atoms with Gasteiger partial charge in [0.15, 0.2) is 6.61 Å². The van der Waals surface area contributed by atoms with Crippen LogP contribution in [0, 0.1) is 11.3 Å². The maximum atomic E-state index is 12.1. The van der Waals surface area contributed by atoms with Gasteiger partial charge in [-0.3, -0.25) is 4.79 Å². The van der Waals surface area contributed by atoms with E-state index in [0.717, 1.165) is 5.56 Å². The fraction of sp³-hybridized carbons (Fsp3) is 0.111. The summed E-state index contributed by atoms with van der Waals surface area (Å²) in [6.07, 6.45) is 2.95. The van der Waals surface area contributed by atoms with Crippen LogP contribution in [0.5, 0.6) is 11.5 Å². The van der Waals surface area contributed by atoms with Crippen molar-refractivity contribution < 1.29 is 23.0 Å². The average Bonchev–Trinajstić information content (AvgIpc) is 2.60. The van der Waals surface area contributed by atoms with Crippen molar-refractivity contribution in [3.8, 4) is 17.6 Å². The molecule has 0 saturated heterocycles. The molecule has 0 heterocycles. The first kappa shape index (κ1) is 17.9. The Morgan fingerprint density at radius 1 is 1.12 bits per heavy atom. The van der Waals surface area contributed by atoms with E-state index in [2.05, 4.69) is 10.1 Å². The number of halogens is 2. The number of carbonyl (C=O) groups excluding carboxylic acids is 1. The molecule has 128 valence electrons. The van der Waals surface area contributed by atoms with Crippen molar-refractivity contribution in [3.63, 3.8) is 0 Å². The topological polar surface area (TPSA) is 71.3 Å². The largest absolute Gasteiger partial charge is 0.479 e. The quantitative estimate of drug-likeness (QED) is 0.775. The van der Waals surface area contributed by atoms with E-state index in [1.807, 2.05) is 6.07 Å². The maximum absolute atomic E-state index is 12.1. The van der Waals surface area contributed by atoms with Gasteiger partial charge in [0.1, 0.15) is 17.6 Å². The highest BCUT2D eigenvalue weighted by molar-refractivity contribution is 6.01. The molecular weight excluding hydrogens is 330 g/mol. The van der Waals surface area contributed by atoms with Crippen molar-refractivity contribution >= 4 is 17.7 Å². The zero-order valence-corrected chi connectivity index (χ0v) is 13.0. The predicted molar refractivity (Wildman–Crippen MR) is 88.3 cm³/mol. The van der Waals surface area contributed by atoms with Gasteiger partial charge in [0.25, 0.3) is 0 Å². The molecule has 0 spiro atoms. The summed E-state index contributed by atoms with van der Waals surface area (Å²) in [5.41, 5.74) is 1.23. The minimum Gasteiger partial charge on any atom is -0.479 e. The molecule has 25 heavy (non-hydrogen) atoms. The van der Waals surface area contributed by atoms with Crippen LogP contribution in [0.15, 0.2) is 54.6 Å². The van der Waals surface area contributed by atoms with Crippen molar-refractivity contribution in [2.45, 2.75) is 6.61 Å². The van der Waals surface area contributed by atoms with E-state index in [1.165, 1.54) is 30.3 Å². The Hall–Kier alpha value is -3.40. The zero-order valence-electron chi connectivity index (χ0n) is 13.0. The van der Waals surface area contributed by atoms with Crippen LogP contribution in [0.3, 0.4) is 0 Å². The number of ether oxygens (including phenoxy) is 2. The Labute approximate surface area is 143 Å². The number of hydrogen-bond donors (Lipinski definition) is 1. The Morgan fingerprint density at radius 3 is 2.36 bits per heavy atom. The van der Waals surface area contributed by atoms with Crippen LogP contribution in [0.25, 0.3) is 6.08 Å². The number of carbonyl (C=O) groups is 1. The third kappa shape index (κ3) is 6.31. The molecule has 0 bridgehead atoms. The number of anilines is 1. The minimum absolute atomic E-state index is 0.0160. The highest BCUT2D eigenvalue weighted by Gasteiger charge is 2.04. The van der Waals surface area contributed by atoms with Crippen molar-refractivity contribution in [1.29, 1.82) is 5.26 Å². The molecule has 7 heteroatoms. The molecule has 0 atom stereocenters. The second kappa shape index (κ2) is 9.03. The van der Waals surface area contributed by atoms with E-state index >= 15 is 0 Å². The number of rotatable bonds is 7. The first-order valence-corrected chi connectivity index (χ1v) is 7.20. The van der Waals surface area contributed by atoms with Crippen molar-refractivity contribution in [1.82, 2.24) is 0 Å². The van der Waals surface area contributed by atoms with Gasteiger partial charge in [-0.15, -0.1) is 0 Å². The number of nitriles is 1. The number of nitrogens with zero attached hydrogens (tertiary/aromatic N) is 1. The molecular formula is C18H14F2N2O3. The van der Waals surface area contributed by atoms with Crippen LogP contribution >= 0.6 is 0 Å². The molecule has 0 aliphatic rings. The normalized spacial score (nSPS) is 10.5. The molecule has 2 rings (SSSR count). The molecule has 0 fully saturated rings. The Kier molecular flexibility index (Phi) is 6.48. The number of alkyl halides is 2. The van der Waals surface area contributed by atoms with Gasteiger partial charge < -0.3 is 14.8 Å². The lowest BCUT2D eigenvalue weighted by atomic mass is 10.2. The molecule has 0 saturated carbocycles. The van der Waals surface area contributed by atoms with E-state index in [9.17, 15) is 13.6 Å². The van der Waals surface area contributed by atoms with Crippen LogP contribution in [-0.4, -0.2) is 19.1 Å². The molecule has 0 aliphatic carbocycles. The summed E-state index contributed by atoms with van der Waals surface area (Å²) in [5.74, 6) is 0.212. The standard InChI is InChI=1S/C18H14F2N2O3/c19-18(20)25-16-8-4-14(5-9-16)22-17(23)10-3-13-1-6-15(7-2-13)24-12-11-21/h1-10,18H,12H2,(H,22,23)/b10-3+. The van der Waals surface area contributed by atoms with Gasteiger partial charge in [0.2, 0.25) is 5.91 Å². The number of amides is 1. The van der Waals surface area contributed by atoms with Gasteiger partial charge >= 0.3 is 6.61 Å². The molecule has 5 nitrogen and oxygen atoms in total. The van der Waals surface area contributed by atoms with Gasteiger partial charge in [-0.1, -0.05) is 12.1 Å². The first-order valence-electron chi connectivity index (χ1n) is 7.20. The van der Waals surface area contributed by atoms with E-state index in [0.29, 0.717) is 11.4 Å². The summed E-state index contributed by atoms with van der Waals surface area (Å²) in [6, 6.07) is 14.3. The average molecular weight is 344 g/mol. The van der Waals surface area contributed by atoms with Crippen LogP contribution in [0.1, 0.15) is 5.56 Å². The maximum Gasteiger partial charge on any atom is 0.387 e. The minimum atomic E-state index is -2.89. The van der Waals surface area contributed by atoms with Gasteiger partial charge in [0.05, 0.1) is 0 Å². The lowest BCUT2D eigenvalue weighted by Crippen LogP contribution is -2.08. The molecule has 1 amide bonds. The summed E-state index contributed by atoms with van der Waals surface area (Å²) in [7, 11) is 0. The Balaban J connectivity index is 1.88. The smallest absolute Gasteiger partial charge is 0.387 e. The third-order valence-corrected chi connectivity index (χ3v) is 2.96. The fourth-order valence-electron chi connectivity index (χ4n) is 1.87. The van der Waals surface area contributed by atoms with Crippen molar-refractivity contribution in [3.05, 3.63) is 60.2 Å². The van der Waals surface area contributed by atoms with Crippen molar-refractivity contribution in [2.24, 2.45) is 0 Å². The number of benzene rings is 2. The Morgan fingerprint density at radius 2 is 1.76 bits per heavy atom. The summed E-state index contributed by atoms with van der Waals surface area (Å²) in [6.45, 7) is -2.92. The SMILES string of the molecule is N#CCOc1ccc(/C=C/C(=O)Nc2ccc(OC(F)F)cc2)cc1. The van der Waals surface area contributed by atoms with Crippen LogP contribution in [0.2, 0.25) is 0 Å². The fourth-order valence-corrected chi connectivity index (χ4v) is 1.87. The highest BCUT2D eigenvalue weighted by atomic mass is 19.3. The molecule has 2 aromatic rings. The first-order chi connectivity index (χ1) is 12.1. The van der Waals surface area contributed by atoms with Crippen molar-refractivity contribution in [2.75, 3.05) is 11.9 Å². The lowest BCUT2D eigenvalue weighted by Gasteiger charge is -2.06. The van der Waals surface area contributed by atoms with E-state index in [4.69, 9.17) is 10.00 Å². The molecule has 1 N–H and O–H groups in total.